The molecule has 94 valence electrons. The van der Waals surface area contributed by atoms with Gasteiger partial charge in [-0.15, -0.1) is 0 Å². The maximum Gasteiger partial charge on any atom is 0.223 e. The Balaban J connectivity index is 2.27. The van der Waals surface area contributed by atoms with Crippen LogP contribution in [0.25, 0.3) is 0 Å². The van der Waals surface area contributed by atoms with Crippen molar-refractivity contribution in [3.05, 3.63) is 6.07 Å². The summed E-state index contributed by atoms with van der Waals surface area (Å²) in [6.07, 6.45) is 5.05. The van der Waals surface area contributed by atoms with E-state index < -0.39 is 0 Å². The molecule has 0 bridgehead atoms. The molecule has 17 heavy (non-hydrogen) atoms. The molecule has 0 spiro atoms. The highest BCUT2D eigenvalue weighted by molar-refractivity contribution is 5.52. The van der Waals surface area contributed by atoms with E-state index in [0.717, 1.165) is 18.2 Å². The van der Waals surface area contributed by atoms with Crippen molar-refractivity contribution in [2.45, 2.75) is 38.6 Å². The van der Waals surface area contributed by atoms with Crippen LogP contribution >= 0.6 is 0 Å². The van der Waals surface area contributed by atoms with Gasteiger partial charge in [0.1, 0.15) is 11.6 Å². The summed E-state index contributed by atoms with van der Waals surface area (Å²) < 4.78 is 0. The Morgan fingerprint density at radius 2 is 2.18 bits per heavy atom. The molecule has 0 aliphatic carbocycles. The summed E-state index contributed by atoms with van der Waals surface area (Å²) in [5.74, 6) is 2.06. The molecule has 5 heteroatoms. The maximum atomic E-state index is 5.74. The Labute approximate surface area is 102 Å². The van der Waals surface area contributed by atoms with Crippen molar-refractivity contribution < 1.29 is 0 Å². The smallest absolute Gasteiger partial charge is 0.223 e. The molecule has 1 aromatic rings. The zero-order valence-corrected chi connectivity index (χ0v) is 10.6. The molecule has 1 atom stereocenters. The van der Waals surface area contributed by atoms with Gasteiger partial charge in [0.25, 0.3) is 0 Å². The number of nitrogens with one attached hydrogen (secondary N) is 1. The molecular weight excluding hydrogens is 214 g/mol. The van der Waals surface area contributed by atoms with Crippen molar-refractivity contribution in [2.75, 3.05) is 29.5 Å². The number of anilines is 3. The predicted octanol–water partition coefficient (Wildman–Crippen LogP) is 1.87. The molecule has 3 N–H and O–H groups in total. The Morgan fingerprint density at radius 1 is 1.35 bits per heavy atom. The Bertz CT molecular complexity index is 379. The van der Waals surface area contributed by atoms with Gasteiger partial charge in [-0.05, 0) is 19.8 Å². The number of aromatic nitrogens is 2. The zero-order chi connectivity index (χ0) is 12.3. The van der Waals surface area contributed by atoms with Gasteiger partial charge in [-0.25, -0.2) is 0 Å². The number of rotatable bonds is 2. The van der Waals surface area contributed by atoms with Crippen LogP contribution in [0.1, 0.15) is 32.6 Å². The van der Waals surface area contributed by atoms with Crippen molar-refractivity contribution in [3.8, 4) is 0 Å². The maximum absolute atomic E-state index is 5.74. The SMILES string of the molecule is CNc1cc(N2CCCCCC2C)nc(N)n1. The lowest BCUT2D eigenvalue weighted by Gasteiger charge is -2.28. The molecular formula is C12H21N5. The van der Waals surface area contributed by atoms with E-state index in [9.17, 15) is 0 Å². The van der Waals surface area contributed by atoms with Crippen LogP contribution in [0, 0.1) is 0 Å². The predicted molar refractivity (Wildman–Crippen MR) is 71.3 cm³/mol. The number of hydrogen-bond donors (Lipinski definition) is 2. The van der Waals surface area contributed by atoms with Gasteiger partial charge in [0.15, 0.2) is 0 Å². The molecule has 1 unspecified atom stereocenters. The minimum atomic E-state index is 0.336. The van der Waals surface area contributed by atoms with Crippen molar-refractivity contribution in [1.29, 1.82) is 0 Å². The second-order valence-electron chi connectivity index (χ2n) is 4.61. The summed E-state index contributed by atoms with van der Waals surface area (Å²) in [6, 6.07) is 2.49. The van der Waals surface area contributed by atoms with Gasteiger partial charge >= 0.3 is 0 Å². The first kappa shape index (κ1) is 12.0. The first-order valence-electron chi connectivity index (χ1n) is 6.29. The zero-order valence-electron chi connectivity index (χ0n) is 10.6. The van der Waals surface area contributed by atoms with Gasteiger partial charge in [-0.3, -0.25) is 0 Å². The van der Waals surface area contributed by atoms with E-state index in [1.54, 1.807) is 0 Å². The van der Waals surface area contributed by atoms with E-state index in [1.165, 1.54) is 25.7 Å². The standard InChI is InChI=1S/C12H21N5/c1-9-6-4-3-5-7-17(9)11-8-10(14-2)15-12(13)16-11/h8-9H,3-7H2,1-2H3,(H3,13,14,15,16). The van der Waals surface area contributed by atoms with Crippen LogP contribution in [0.3, 0.4) is 0 Å². The molecule has 0 aromatic carbocycles. The van der Waals surface area contributed by atoms with Gasteiger partial charge in [0.05, 0.1) is 0 Å². The van der Waals surface area contributed by atoms with Gasteiger partial charge in [0, 0.05) is 25.7 Å². The van der Waals surface area contributed by atoms with Crippen LogP contribution in [0.4, 0.5) is 17.6 Å². The summed E-state index contributed by atoms with van der Waals surface area (Å²) in [4.78, 5) is 10.8. The third kappa shape index (κ3) is 2.78. The van der Waals surface area contributed by atoms with Gasteiger partial charge in [-0.1, -0.05) is 12.8 Å². The first-order chi connectivity index (χ1) is 8.20. The van der Waals surface area contributed by atoms with Crippen molar-refractivity contribution >= 4 is 17.6 Å². The Kier molecular flexibility index (Phi) is 3.66. The molecule has 0 amide bonds. The molecule has 0 radical (unpaired) electrons. The van der Waals surface area contributed by atoms with Crippen molar-refractivity contribution in [2.24, 2.45) is 0 Å². The average molecular weight is 235 g/mol. The minimum Gasteiger partial charge on any atom is -0.373 e. The highest BCUT2D eigenvalue weighted by Crippen LogP contribution is 2.24. The van der Waals surface area contributed by atoms with Crippen LogP contribution < -0.4 is 16.0 Å². The molecule has 1 fully saturated rings. The van der Waals surface area contributed by atoms with Crippen LogP contribution in [-0.4, -0.2) is 29.6 Å². The molecule has 1 aromatic heterocycles. The largest absolute Gasteiger partial charge is 0.373 e. The van der Waals surface area contributed by atoms with Crippen LogP contribution in [0.15, 0.2) is 6.07 Å². The quantitative estimate of drug-likeness (QED) is 0.819. The van der Waals surface area contributed by atoms with Gasteiger partial charge in [0.2, 0.25) is 5.95 Å². The fraction of sp³-hybridized carbons (Fsp3) is 0.667. The number of hydrogen-bond acceptors (Lipinski definition) is 5. The topological polar surface area (TPSA) is 67.1 Å². The lowest BCUT2D eigenvalue weighted by molar-refractivity contribution is 0.611. The molecule has 5 nitrogen and oxygen atoms in total. The van der Waals surface area contributed by atoms with E-state index in [1.807, 2.05) is 13.1 Å². The fourth-order valence-electron chi connectivity index (χ4n) is 2.34. The molecule has 1 saturated heterocycles. The monoisotopic (exact) mass is 235 g/mol. The summed E-state index contributed by atoms with van der Waals surface area (Å²) >= 11 is 0. The normalized spacial score (nSPS) is 21.1. The number of nitrogens with zero attached hydrogens (tertiary/aromatic N) is 3. The number of nitrogen functional groups attached to an aromatic ring is 1. The summed E-state index contributed by atoms with van der Waals surface area (Å²) in [5.41, 5.74) is 5.74. The lowest BCUT2D eigenvalue weighted by atomic mass is 10.1. The Hall–Kier alpha value is -1.52. The molecule has 1 aliphatic heterocycles. The third-order valence-corrected chi connectivity index (χ3v) is 3.33. The van der Waals surface area contributed by atoms with Crippen LogP contribution in [-0.2, 0) is 0 Å². The minimum absolute atomic E-state index is 0.336. The molecule has 1 aliphatic rings. The van der Waals surface area contributed by atoms with E-state index >= 15 is 0 Å². The fourth-order valence-corrected chi connectivity index (χ4v) is 2.34. The van der Waals surface area contributed by atoms with E-state index in [2.05, 4.69) is 27.1 Å². The average Bonchev–Trinajstić information content (AvgIpc) is 2.53. The second kappa shape index (κ2) is 5.21. The van der Waals surface area contributed by atoms with E-state index in [4.69, 9.17) is 5.73 Å². The van der Waals surface area contributed by atoms with Gasteiger partial charge < -0.3 is 16.0 Å². The second-order valence-corrected chi connectivity index (χ2v) is 4.61. The summed E-state index contributed by atoms with van der Waals surface area (Å²) in [6.45, 7) is 3.31. The highest BCUT2D eigenvalue weighted by atomic mass is 15.2. The van der Waals surface area contributed by atoms with E-state index in [-0.39, 0.29) is 0 Å². The summed E-state index contributed by atoms with van der Waals surface area (Å²) in [5, 5.41) is 3.02. The summed E-state index contributed by atoms with van der Waals surface area (Å²) in [7, 11) is 1.84. The third-order valence-electron chi connectivity index (χ3n) is 3.33. The van der Waals surface area contributed by atoms with E-state index in [0.29, 0.717) is 12.0 Å². The first-order valence-corrected chi connectivity index (χ1v) is 6.29. The molecule has 0 saturated carbocycles. The van der Waals surface area contributed by atoms with Crippen LogP contribution in [0.2, 0.25) is 0 Å². The molecule has 2 heterocycles. The van der Waals surface area contributed by atoms with Crippen LogP contribution in [0.5, 0.6) is 0 Å². The molecule has 2 rings (SSSR count). The van der Waals surface area contributed by atoms with Crippen molar-refractivity contribution in [1.82, 2.24) is 9.97 Å². The number of nitrogens with two attached hydrogens (primary N) is 1. The Morgan fingerprint density at radius 3 is 2.94 bits per heavy atom. The highest BCUT2D eigenvalue weighted by Gasteiger charge is 2.19. The van der Waals surface area contributed by atoms with Crippen molar-refractivity contribution in [3.63, 3.8) is 0 Å². The van der Waals surface area contributed by atoms with Gasteiger partial charge in [-0.2, -0.15) is 9.97 Å². The lowest BCUT2D eigenvalue weighted by Crippen LogP contribution is -2.33.